The number of carbonyl (C=O) groups is 2. The summed E-state index contributed by atoms with van der Waals surface area (Å²) in [6.07, 6.45) is 2.97. The van der Waals surface area contributed by atoms with Gasteiger partial charge in [0.15, 0.2) is 0 Å². The average Bonchev–Trinajstić information content (AvgIpc) is 2.75. The van der Waals surface area contributed by atoms with E-state index in [1.54, 1.807) is 11.1 Å². The molecule has 0 radical (unpaired) electrons. The van der Waals surface area contributed by atoms with Crippen LogP contribution < -0.4 is 0 Å². The van der Waals surface area contributed by atoms with Crippen molar-refractivity contribution in [2.75, 3.05) is 13.1 Å². The molecule has 1 atom stereocenters. The fourth-order valence-corrected chi connectivity index (χ4v) is 2.72. The van der Waals surface area contributed by atoms with Gasteiger partial charge in [0.05, 0.1) is 17.1 Å². The zero-order chi connectivity index (χ0) is 12.4. The minimum Gasteiger partial charge on any atom is -0.481 e. The summed E-state index contributed by atoms with van der Waals surface area (Å²) in [7, 11) is 0. The Kier molecular flexibility index (Phi) is 3.42. The lowest BCUT2D eigenvalue weighted by Gasteiger charge is -2.30. The maximum Gasteiger partial charge on any atom is 0.308 e. The lowest BCUT2D eigenvalue weighted by Crippen LogP contribution is -2.42. The van der Waals surface area contributed by atoms with Crippen molar-refractivity contribution < 1.29 is 14.7 Å². The van der Waals surface area contributed by atoms with E-state index in [2.05, 4.69) is 4.98 Å². The fraction of sp³-hybridized carbons (Fsp3) is 0.545. The second-order valence-electron chi connectivity index (χ2n) is 4.17. The number of hydrogen-bond donors (Lipinski definition) is 1. The summed E-state index contributed by atoms with van der Waals surface area (Å²) < 4.78 is 0. The van der Waals surface area contributed by atoms with Gasteiger partial charge in [-0.05, 0) is 19.8 Å². The monoisotopic (exact) mass is 254 g/mol. The number of hydrogen-bond acceptors (Lipinski definition) is 4. The van der Waals surface area contributed by atoms with E-state index in [1.807, 2.05) is 6.92 Å². The van der Waals surface area contributed by atoms with Crippen molar-refractivity contribution in [2.45, 2.75) is 19.8 Å². The predicted molar refractivity (Wildman–Crippen MR) is 63.1 cm³/mol. The molecule has 0 saturated carbocycles. The van der Waals surface area contributed by atoms with Crippen LogP contribution in [0.4, 0.5) is 0 Å². The van der Waals surface area contributed by atoms with Gasteiger partial charge in [-0.2, -0.15) is 0 Å². The van der Waals surface area contributed by atoms with Crippen LogP contribution in [0.1, 0.15) is 27.5 Å². The molecule has 2 heterocycles. The smallest absolute Gasteiger partial charge is 0.308 e. The summed E-state index contributed by atoms with van der Waals surface area (Å²) >= 11 is 1.35. The van der Waals surface area contributed by atoms with E-state index < -0.39 is 11.9 Å². The van der Waals surface area contributed by atoms with Gasteiger partial charge in [0.1, 0.15) is 4.88 Å². The number of likely N-dealkylation sites (tertiary alicyclic amines) is 1. The van der Waals surface area contributed by atoms with Gasteiger partial charge >= 0.3 is 5.97 Å². The standard InChI is InChI=1S/C11H14N2O3S/c1-7-12-5-9(17-7)10(14)13-4-2-3-8(6-13)11(15)16/h5,8H,2-4,6H2,1H3,(H,15,16)/t8-/m0/s1. The van der Waals surface area contributed by atoms with E-state index >= 15 is 0 Å². The number of aryl methyl sites for hydroxylation is 1. The highest BCUT2D eigenvalue weighted by Gasteiger charge is 2.29. The Labute approximate surface area is 103 Å². The highest BCUT2D eigenvalue weighted by molar-refractivity contribution is 7.13. The number of thiazole rings is 1. The van der Waals surface area contributed by atoms with E-state index in [0.717, 1.165) is 11.4 Å². The highest BCUT2D eigenvalue weighted by Crippen LogP contribution is 2.21. The Balaban J connectivity index is 2.07. The summed E-state index contributed by atoms with van der Waals surface area (Å²) in [5.74, 6) is -1.34. The Morgan fingerprint density at radius 3 is 2.94 bits per heavy atom. The summed E-state index contributed by atoms with van der Waals surface area (Å²) in [4.78, 5) is 29.3. The van der Waals surface area contributed by atoms with Crippen LogP contribution in [0.3, 0.4) is 0 Å². The molecule has 1 aromatic rings. The minimum atomic E-state index is -0.817. The number of carbonyl (C=O) groups excluding carboxylic acids is 1. The zero-order valence-corrected chi connectivity index (χ0v) is 10.4. The van der Waals surface area contributed by atoms with Gasteiger partial charge in [-0.3, -0.25) is 9.59 Å². The van der Waals surface area contributed by atoms with Crippen molar-refractivity contribution in [3.05, 3.63) is 16.1 Å². The first-order chi connectivity index (χ1) is 8.08. The van der Waals surface area contributed by atoms with Crippen molar-refractivity contribution in [1.82, 2.24) is 9.88 Å². The van der Waals surface area contributed by atoms with Gasteiger partial charge in [-0.25, -0.2) is 4.98 Å². The van der Waals surface area contributed by atoms with E-state index in [0.29, 0.717) is 24.4 Å². The molecule has 0 spiro atoms. The van der Waals surface area contributed by atoms with E-state index in [4.69, 9.17) is 5.11 Å². The van der Waals surface area contributed by atoms with Crippen LogP contribution in [0.5, 0.6) is 0 Å². The first-order valence-electron chi connectivity index (χ1n) is 5.52. The van der Waals surface area contributed by atoms with Crippen LogP contribution in [-0.2, 0) is 4.79 Å². The number of aliphatic carboxylic acids is 1. The van der Waals surface area contributed by atoms with Gasteiger partial charge in [0, 0.05) is 13.1 Å². The van der Waals surface area contributed by atoms with E-state index in [9.17, 15) is 9.59 Å². The van der Waals surface area contributed by atoms with Crippen LogP contribution in [0.15, 0.2) is 6.20 Å². The van der Waals surface area contributed by atoms with E-state index in [-0.39, 0.29) is 5.91 Å². The molecule has 0 aromatic carbocycles. The van der Waals surface area contributed by atoms with Gasteiger partial charge in [0.2, 0.25) is 0 Å². The molecule has 1 N–H and O–H groups in total. The SMILES string of the molecule is Cc1ncc(C(=O)N2CCC[C@H](C(=O)O)C2)s1. The molecule has 0 aliphatic carbocycles. The Bertz CT molecular complexity index is 444. The maximum atomic E-state index is 12.1. The molecule has 92 valence electrons. The third-order valence-corrected chi connectivity index (χ3v) is 3.79. The van der Waals surface area contributed by atoms with Crippen LogP contribution in [0.25, 0.3) is 0 Å². The first-order valence-corrected chi connectivity index (χ1v) is 6.34. The Morgan fingerprint density at radius 1 is 1.59 bits per heavy atom. The predicted octanol–water partition coefficient (Wildman–Crippen LogP) is 1.39. The summed E-state index contributed by atoms with van der Waals surface area (Å²) in [6, 6.07) is 0. The maximum absolute atomic E-state index is 12.1. The quantitative estimate of drug-likeness (QED) is 0.865. The molecule has 1 aromatic heterocycles. The van der Waals surface area contributed by atoms with E-state index in [1.165, 1.54) is 11.3 Å². The van der Waals surface area contributed by atoms with Crippen LogP contribution in [-0.4, -0.2) is 40.0 Å². The number of carboxylic acid groups (broad SMARTS) is 1. The van der Waals surface area contributed by atoms with Gasteiger partial charge < -0.3 is 10.0 Å². The zero-order valence-electron chi connectivity index (χ0n) is 9.55. The second kappa shape index (κ2) is 4.83. The molecular formula is C11H14N2O3S. The third-order valence-electron chi connectivity index (χ3n) is 2.89. The molecule has 6 heteroatoms. The molecule has 17 heavy (non-hydrogen) atoms. The van der Waals surface area contributed by atoms with Crippen molar-refractivity contribution >= 4 is 23.2 Å². The number of nitrogens with zero attached hydrogens (tertiary/aromatic N) is 2. The number of rotatable bonds is 2. The van der Waals surface area contributed by atoms with Gasteiger partial charge in [-0.15, -0.1) is 11.3 Å². The minimum absolute atomic E-state index is 0.0958. The number of carboxylic acids is 1. The molecular weight excluding hydrogens is 240 g/mol. The Hall–Kier alpha value is -1.43. The fourth-order valence-electron chi connectivity index (χ4n) is 1.98. The molecule has 1 aliphatic heterocycles. The molecule has 5 nitrogen and oxygen atoms in total. The molecule has 1 saturated heterocycles. The lowest BCUT2D eigenvalue weighted by molar-refractivity contribution is -0.143. The highest BCUT2D eigenvalue weighted by atomic mass is 32.1. The van der Waals surface area contributed by atoms with Crippen molar-refractivity contribution in [3.63, 3.8) is 0 Å². The normalized spacial score (nSPS) is 20.3. The average molecular weight is 254 g/mol. The molecule has 2 rings (SSSR count). The van der Waals surface area contributed by atoms with Crippen LogP contribution in [0, 0.1) is 12.8 Å². The molecule has 1 fully saturated rings. The molecule has 0 unspecified atom stereocenters. The lowest BCUT2D eigenvalue weighted by atomic mass is 9.98. The topological polar surface area (TPSA) is 70.5 Å². The van der Waals surface area contributed by atoms with Gasteiger partial charge in [0.25, 0.3) is 5.91 Å². The van der Waals surface area contributed by atoms with Crippen molar-refractivity contribution in [1.29, 1.82) is 0 Å². The number of aromatic nitrogens is 1. The first kappa shape index (κ1) is 12.0. The summed E-state index contributed by atoms with van der Waals surface area (Å²) in [6.45, 7) is 2.79. The largest absolute Gasteiger partial charge is 0.481 e. The third kappa shape index (κ3) is 2.63. The molecule has 1 aliphatic rings. The summed E-state index contributed by atoms with van der Waals surface area (Å²) in [5, 5.41) is 9.81. The van der Waals surface area contributed by atoms with Gasteiger partial charge in [-0.1, -0.05) is 0 Å². The van der Waals surface area contributed by atoms with Crippen molar-refractivity contribution in [3.8, 4) is 0 Å². The number of amides is 1. The second-order valence-corrected chi connectivity index (χ2v) is 5.41. The number of piperidine rings is 1. The summed E-state index contributed by atoms with van der Waals surface area (Å²) in [5.41, 5.74) is 0. The molecule has 0 bridgehead atoms. The van der Waals surface area contributed by atoms with Crippen LogP contribution in [0.2, 0.25) is 0 Å². The molecule has 1 amide bonds. The van der Waals surface area contributed by atoms with Crippen molar-refractivity contribution in [2.24, 2.45) is 5.92 Å². The van der Waals surface area contributed by atoms with Crippen LogP contribution >= 0.6 is 11.3 Å². The Morgan fingerprint density at radius 2 is 2.35 bits per heavy atom.